The van der Waals surface area contributed by atoms with Crippen molar-refractivity contribution in [1.29, 1.82) is 0 Å². The molecule has 124 valence electrons. The van der Waals surface area contributed by atoms with Gasteiger partial charge in [0.25, 0.3) is 0 Å². The van der Waals surface area contributed by atoms with Gasteiger partial charge in [-0.2, -0.15) is 0 Å². The van der Waals surface area contributed by atoms with Crippen molar-refractivity contribution in [3.63, 3.8) is 0 Å². The smallest absolute Gasteiger partial charge is 0.337 e. The van der Waals surface area contributed by atoms with Crippen molar-refractivity contribution in [3.8, 4) is 5.75 Å². The third-order valence-corrected chi connectivity index (χ3v) is 4.03. The Morgan fingerprint density at radius 3 is 2.65 bits per heavy atom. The van der Waals surface area contributed by atoms with E-state index in [1.165, 1.54) is 7.11 Å². The fraction of sp³-hybridized carbons (Fsp3) is 0.438. The zero-order chi connectivity index (χ0) is 16.7. The molecule has 7 heteroatoms. The SMILES string of the molecule is COC(=O)c1ccc(OCCCSc2n[nH]c(C(C)C)n2)cc1. The molecule has 1 aromatic heterocycles. The summed E-state index contributed by atoms with van der Waals surface area (Å²) < 4.78 is 10.3. The van der Waals surface area contributed by atoms with Crippen molar-refractivity contribution in [3.05, 3.63) is 35.7 Å². The number of aromatic nitrogens is 3. The Morgan fingerprint density at radius 2 is 2.04 bits per heavy atom. The van der Waals surface area contributed by atoms with Crippen molar-refractivity contribution in [2.45, 2.75) is 31.3 Å². The number of hydrogen-bond donors (Lipinski definition) is 1. The van der Waals surface area contributed by atoms with Crippen LogP contribution in [0.15, 0.2) is 29.4 Å². The first kappa shape index (κ1) is 17.3. The van der Waals surface area contributed by atoms with Crippen LogP contribution in [-0.4, -0.2) is 40.6 Å². The van der Waals surface area contributed by atoms with Gasteiger partial charge in [0.15, 0.2) is 0 Å². The van der Waals surface area contributed by atoms with Gasteiger partial charge in [-0.25, -0.2) is 9.78 Å². The maximum atomic E-state index is 11.3. The molecule has 0 spiro atoms. The molecule has 0 fully saturated rings. The number of aromatic amines is 1. The molecule has 0 radical (unpaired) electrons. The van der Waals surface area contributed by atoms with Crippen LogP contribution in [0.5, 0.6) is 5.75 Å². The first-order valence-corrected chi connectivity index (χ1v) is 8.45. The quantitative estimate of drug-likeness (QED) is 0.453. The minimum Gasteiger partial charge on any atom is -0.494 e. The van der Waals surface area contributed by atoms with Crippen LogP contribution in [0, 0.1) is 0 Å². The summed E-state index contributed by atoms with van der Waals surface area (Å²) in [4.78, 5) is 15.7. The highest BCUT2D eigenvalue weighted by Crippen LogP contribution is 2.17. The minimum absolute atomic E-state index is 0.347. The molecule has 1 heterocycles. The summed E-state index contributed by atoms with van der Waals surface area (Å²) in [6.07, 6.45) is 0.884. The average molecular weight is 335 g/mol. The maximum absolute atomic E-state index is 11.3. The Labute approximate surface area is 140 Å². The van der Waals surface area contributed by atoms with Gasteiger partial charge in [0.2, 0.25) is 5.16 Å². The molecule has 0 amide bonds. The third-order valence-electron chi connectivity index (χ3n) is 3.09. The van der Waals surface area contributed by atoms with E-state index in [2.05, 4.69) is 33.8 Å². The molecule has 0 saturated carbocycles. The molecule has 0 atom stereocenters. The van der Waals surface area contributed by atoms with Gasteiger partial charge in [-0.05, 0) is 30.7 Å². The van der Waals surface area contributed by atoms with Gasteiger partial charge in [0.05, 0.1) is 19.3 Å². The van der Waals surface area contributed by atoms with Crippen molar-refractivity contribution >= 4 is 17.7 Å². The van der Waals surface area contributed by atoms with Crippen LogP contribution in [0.3, 0.4) is 0 Å². The molecule has 0 bridgehead atoms. The Balaban J connectivity index is 1.67. The lowest BCUT2D eigenvalue weighted by atomic mass is 10.2. The van der Waals surface area contributed by atoms with E-state index in [0.717, 1.165) is 28.9 Å². The summed E-state index contributed by atoms with van der Waals surface area (Å²) in [5, 5.41) is 7.88. The zero-order valence-electron chi connectivity index (χ0n) is 13.5. The Hall–Kier alpha value is -2.02. The number of ether oxygens (including phenoxy) is 2. The van der Waals surface area contributed by atoms with Crippen molar-refractivity contribution in [2.24, 2.45) is 0 Å². The Bertz CT molecular complexity index is 626. The molecule has 0 saturated heterocycles. The fourth-order valence-corrected chi connectivity index (χ4v) is 2.52. The van der Waals surface area contributed by atoms with Gasteiger partial charge in [-0.1, -0.05) is 25.6 Å². The lowest BCUT2D eigenvalue weighted by molar-refractivity contribution is 0.0600. The van der Waals surface area contributed by atoms with Crippen LogP contribution < -0.4 is 4.74 Å². The number of thioether (sulfide) groups is 1. The molecule has 0 aliphatic heterocycles. The van der Waals surface area contributed by atoms with E-state index in [9.17, 15) is 4.79 Å². The number of H-pyrrole nitrogens is 1. The molecule has 0 aliphatic rings. The van der Waals surface area contributed by atoms with E-state index in [4.69, 9.17) is 4.74 Å². The van der Waals surface area contributed by atoms with Crippen LogP contribution >= 0.6 is 11.8 Å². The standard InChI is InChI=1S/C16H21N3O3S/c1-11(2)14-17-16(19-18-14)23-10-4-9-22-13-7-5-12(6-8-13)15(20)21-3/h5-8,11H,4,9-10H2,1-3H3,(H,17,18,19). The Morgan fingerprint density at radius 1 is 1.30 bits per heavy atom. The number of methoxy groups -OCH3 is 1. The van der Waals surface area contributed by atoms with Gasteiger partial charge in [-0.15, -0.1) is 5.10 Å². The van der Waals surface area contributed by atoms with Gasteiger partial charge in [0, 0.05) is 11.7 Å². The monoisotopic (exact) mass is 335 g/mol. The van der Waals surface area contributed by atoms with E-state index >= 15 is 0 Å². The number of nitrogens with one attached hydrogen (secondary N) is 1. The zero-order valence-corrected chi connectivity index (χ0v) is 14.4. The van der Waals surface area contributed by atoms with Gasteiger partial charge >= 0.3 is 5.97 Å². The van der Waals surface area contributed by atoms with E-state index in [0.29, 0.717) is 18.1 Å². The Kier molecular flexibility index (Phi) is 6.46. The molecular weight excluding hydrogens is 314 g/mol. The van der Waals surface area contributed by atoms with Gasteiger partial charge in [0.1, 0.15) is 11.6 Å². The lowest BCUT2D eigenvalue weighted by Gasteiger charge is -2.06. The second-order valence-electron chi connectivity index (χ2n) is 5.22. The number of rotatable bonds is 8. The van der Waals surface area contributed by atoms with E-state index in [1.54, 1.807) is 36.0 Å². The van der Waals surface area contributed by atoms with E-state index in [1.807, 2.05) is 0 Å². The van der Waals surface area contributed by atoms with Crippen molar-refractivity contribution in [2.75, 3.05) is 19.5 Å². The predicted molar refractivity (Wildman–Crippen MR) is 89.1 cm³/mol. The summed E-state index contributed by atoms with van der Waals surface area (Å²) in [6, 6.07) is 6.92. The van der Waals surface area contributed by atoms with Crippen LogP contribution in [0.4, 0.5) is 0 Å². The molecule has 1 N–H and O–H groups in total. The van der Waals surface area contributed by atoms with E-state index in [-0.39, 0.29) is 5.97 Å². The first-order chi connectivity index (χ1) is 11.1. The largest absolute Gasteiger partial charge is 0.494 e. The van der Waals surface area contributed by atoms with Crippen LogP contribution in [0.2, 0.25) is 0 Å². The second-order valence-corrected chi connectivity index (χ2v) is 6.29. The normalized spacial score (nSPS) is 10.8. The number of nitrogens with zero attached hydrogens (tertiary/aromatic N) is 2. The number of carbonyl (C=O) groups is 1. The first-order valence-electron chi connectivity index (χ1n) is 7.46. The average Bonchev–Trinajstić information content (AvgIpc) is 3.03. The summed E-state index contributed by atoms with van der Waals surface area (Å²) in [5.41, 5.74) is 0.515. The summed E-state index contributed by atoms with van der Waals surface area (Å²) in [7, 11) is 1.36. The maximum Gasteiger partial charge on any atom is 0.337 e. The molecule has 0 aliphatic carbocycles. The molecule has 6 nitrogen and oxygen atoms in total. The lowest BCUT2D eigenvalue weighted by Crippen LogP contribution is -2.02. The number of carbonyl (C=O) groups excluding carboxylic acids is 1. The van der Waals surface area contributed by atoms with Gasteiger partial charge < -0.3 is 9.47 Å². The number of benzene rings is 1. The molecule has 1 aromatic carbocycles. The fourth-order valence-electron chi connectivity index (χ4n) is 1.80. The van der Waals surface area contributed by atoms with Gasteiger partial charge in [-0.3, -0.25) is 5.10 Å². The highest BCUT2D eigenvalue weighted by Gasteiger charge is 2.07. The predicted octanol–water partition coefficient (Wildman–Crippen LogP) is 3.28. The van der Waals surface area contributed by atoms with Crippen molar-refractivity contribution in [1.82, 2.24) is 15.2 Å². The minimum atomic E-state index is -0.347. The summed E-state index contributed by atoms with van der Waals surface area (Å²) in [6.45, 7) is 4.76. The molecule has 23 heavy (non-hydrogen) atoms. The molecule has 2 aromatic rings. The number of hydrogen-bond acceptors (Lipinski definition) is 6. The highest BCUT2D eigenvalue weighted by molar-refractivity contribution is 7.99. The second kappa shape index (κ2) is 8.57. The molecule has 0 unspecified atom stereocenters. The third kappa shape index (κ3) is 5.28. The van der Waals surface area contributed by atoms with E-state index < -0.39 is 0 Å². The van der Waals surface area contributed by atoms with Crippen LogP contribution in [-0.2, 0) is 4.74 Å². The van der Waals surface area contributed by atoms with Crippen LogP contribution in [0.25, 0.3) is 0 Å². The topological polar surface area (TPSA) is 77.1 Å². The molecular formula is C16H21N3O3S. The summed E-state index contributed by atoms with van der Waals surface area (Å²) >= 11 is 1.61. The number of esters is 1. The van der Waals surface area contributed by atoms with Crippen LogP contribution in [0.1, 0.15) is 42.4 Å². The molecule has 2 rings (SSSR count). The van der Waals surface area contributed by atoms with Crippen molar-refractivity contribution < 1.29 is 14.3 Å². The highest BCUT2D eigenvalue weighted by atomic mass is 32.2. The summed E-state index contributed by atoms with van der Waals surface area (Å²) in [5.74, 6) is 2.54.